The largest absolute Gasteiger partial charge is 0.444 e. The minimum Gasteiger partial charge on any atom is -0.444 e. The lowest BCUT2D eigenvalue weighted by molar-refractivity contribution is -0.118. The minimum atomic E-state index is -0.498. The van der Waals surface area contributed by atoms with E-state index in [9.17, 15) is 9.59 Å². The number of anilines is 1. The first-order valence-electron chi connectivity index (χ1n) is 8.41. The predicted molar refractivity (Wildman–Crippen MR) is 102 cm³/mol. The van der Waals surface area contributed by atoms with E-state index in [1.807, 2.05) is 52.0 Å². The summed E-state index contributed by atoms with van der Waals surface area (Å²) in [5.74, 6) is -0.0557. The number of amides is 2. The van der Waals surface area contributed by atoms with Crippen LogP contribution in [0.1, 0.15) is 27.7 Å². The molecule has 2 amide bonds. The van der Waals surface area contributed by atoms with E-state index in [0.29, 0.717) is 26.2 Å². The number of nitrogens with zero attached hydrogens (tertiary/aromatic N) is 2. The summed E-state index contributed by atoms with van der Waals surface area (Å²) in [7, 11) is 0. The Morgan fingerprint density at radius 1 is 1.24 bits per heavy atom. The van der Waals surface area contributed by atoms with Gasteiger partial charge in [-0.2, -0.15) is 0 Å². The van der Waals surface area contributed by atoms with Crippen LogP contribution in [0.5, 0.6) is 0 Å². The van der Waals surface area contributed by atoms with Crippen molar-refractivity contribution in [2.75, 3.05) is 31.5 Å². The maximum absolute atomic E-state index is 12.2. The molecule has 1 atom stereocenters. The fourth-order valence-electron chi connectivity index (χ4n) is 2.64. The van der Waals surface area contributed by atoms with Crippen LogP contribution in [-0.2, 0) is 9.53 Å². The number of carbonyl (C=O) groups excluding carboxylic acids is 2. The van der Waals surface area contributed by atoms with E-state index in [2.05, 4.69) is 26.1 Å². The van der Waals surface area contributed by atoms with Crippen molar-refractivity contribution in [3.63, 3.8) is 0 Å². The molecule has 1 saturated heterocycles. The highest BCUT2D eigenvalue weighted by atomic mass is 79.9. The van der Waals surface area contributed by atoms with E-state index in [-0.39, 0.29) is 18.0 Å². The Bertz CT molecular complexity index is 613. The molecule has 1 aromatic carbocycles. The Morgan fingerprint density at radius 3 is 2.44 bits per heavy atom. The third-order valence-corrected chi connectivity index (χ3v) is 4.42. The number of carbonyl (C=O) groups is 2. The molecule has 0 aromatic heterocycles. The number of piperazine rings is 1. The lowest BCUT2D eigenvalue weighted by Gasteiger charge is -2.39. The number of halogens is 1. The van der Waals surface area contributed by atoms with Crippen LogP contribution in [0.2, 0.25) is 0 Å². The molecule has 0 aliphatic carbocycles. The van der Waals surface area contributed by atoms with Gasteiger partial charge in [0.05, 0.1) is 6.54 Å². The molecule has 0 saturated carbocycles. The molecule has 2 rings (SSSR count). The van der Waals surface area contributed by atoms with Crippen LogP contribution < -0.4 is 5.32 Å². The summed E-state index contributed by atoms with van der Waals surface area (Å²) in [5.41, 5.74) is 0.274. The van der Waals surface area contributed by atoms with Gasteiger partial charge in [0, 0.05) is 35.8 Å². The lowest BCUT2D eigenvalue weighted by Crippen LogP contribution is -2.55. The van der Waals surface area contributed by atoms with E-state index in [4.69, 9.17) is 4.74 Å². The van der Waals surface area contributed by atoms with E-state index >= 15 is 0 Å². The standard InChI is InChI=1S/C18H26BrN3O3/c1-13-11-22(17(24)25-18(2,3)4)10-9-21(13)12-16(23)20-15-7-5-14(19)6-8-15/h5-8,13H,9-12H2,1-4H3,(H,20,23)/t13-/m1/s1. The second-order valence-electron chi connectivity index (χ2n) is 7.30. The van der Waals surface area contributed by atoms with Crippen molar-refractivity contribution in [3.8, 4) is 0 Å². The van der Waals surface area contributed by atoms with Gasteiger partial charge in [-0.25, -0.2) is 4.79 Å². The molecule has 1 N–H and O–H groups in total. The van der Waals surface area contributed by atoms with Gasteiger partial charge in [-0.15, -0.1) is 0 Å². The normalized spacial score (nSPS) is 18.8. The number of ether oxygens (including phenoxy) is 1. The maximum Gasteiger partial charge on any atom is 0.410 e. The van der Waals surface area contributed by atoms with Gasteiger partial charge in [0.25, 0.3) is 0 Å². The van der Waals surface area contributed by atoms with Gasteiger partial charge in [-0.1, -0.05) is 15.9 Å². The topological polar surface area (TPSA) is 61.9 Å². The minimum absolute atomic E-state index is 0.0557. The first-order valence-corrected chi connectivity index (χ1v) is 9.21. The monoisotopic (exact) mass is 411 g/mol. The fraction of sp³-hybridized carbons (Fsp3) is 0.556. The summed E-state index contributed by atoms with van der Waals surface area (Å²) in [6.45, 7) is 9.66. The molecule has 7 heteroatoms. The van der Waals surface area contributed by atoms with Crippen molar-refractivity contribution in [3.05, 3.63) is 28.7 Å². The molecular formula is C18H26BrN3O3. The first kappa shape index (κ1) is 19.7. The lowest BCUT2D eigenvalue weighted by atomic mass is 10.2. The summed E-state index contributed by atoms with van der Waals surface area (Å²) in [6, 6.07) is 7.57. The van der Waals surface area contributed by atoms with Gasteiger partial charge in [0.2, 0.25) is 5.91 Å². The molecule has 25 heavy (non-hydrogen) atoms. The molecule has 1 aliphatic rings. The third kappa shape index (κ3) is 6.32. The number of rotatable bonds is 3. The SMILES string of the molecule is C[C@@H]1CN(C(=O)OC(C)(C)C)CCN1CC(=O)Nc1ccc(Br)cc1. The van der Waals surface area contributed by atoms with Crippen molar-refractivity contribution in [1.82, 2.24) is 9.80 Å². The summed E-state index contributed by atoms with van der Waals surface area (Å²) in [5, 5.41) is 2.90. The van der Waals surface area contributed by atoms with Gasteiger partial charge >= 0.3 is 6.09 Å². The Balaban J connectivity index is 1.83. The zero-order valence-electron chi connectivity index (χ0n) is 15.2. The number of benzene rings is 1. The Hall–Kier alpha value is -1.60. The molecule has 0 unspecified atom stereocenters. The number of hydrogen-bond donors (Lipinski definition) is 1. The number of nitrogens with one attached hydrogen (secondary N) is 1. The Morgan fingerprint density at radius 2 is 1.88 bits per heavy atom. The second kappa shape index (κ2) is 8.19. The molecular weight excluding hydrogens is 386 g/mol. The summed E-state index contributed by atoms with van der Waals surface area (Å²) in [4.78, 5) is 28.2. The van der Waals surface area contributed by atoms with Crippen LogP contribution >= 0.6 is 15.9 Å². The molecule has 1 aromatic rings. The quantitative estimate of drug-likeness (QED) is 0.828. The summed E-state index contributed by atoms with van der Waals surface area (Å²) >= 11 is 3.37. The molecule has 0 spiro atoms. The maximum atomic E-state index is 12.2. The zero-order chi connectivity index (χ0) is 18.6. The van der Waals surface area contributed by atoms with Gasteiger partial charge in [0.1, 0.15) is 5.60 Å². The van der Waals surface area contributed by atoms with Crippen molar-refractivity contribution in [2.45, 2.75) is 39.3 Å². The Kier molecular flexibility index (Phi) is 6.46. The molecule has 1 heterocycles. The van der Waals surface area contributed by atoms with E-state index in [1.165, 1.54) is 0 Å². The average Bonchev–Trinajstić information content (AvgIpc) is 2.50. The van der Waals surface area contributed by atoms with Crippen LogP contribution in [0.4, 0.5) is 10.5 Å². The molecule has 138 valence electrons. The van der Waals surface area contributed by atoms with E-state index < -0.39 is 5.60 Å². The molecule has 6 nitrogen and oxygen atoms in total. The highest BCUT2D eigenvalue weighted by Crippen LogP contribution is 2.16. The Labute approximate surface area is 157 Å². The van der Waals surface area contributed by atoms with Crippen molar-refractivity contribution >= 4 is 33.6 Å². The van der Waals surface area contributed by atoms with Crippen LogP contribution in [0.3, 0.4) is 0 Å². The predicted octanol–water partition coefficient (Wildman–Crippen LogP) is 3.33. The fourth-order valence-corrected chi connectivity index (χ4v) is 2.90. The van der Waals surface area contributed by atoms with E-state index in [1.54, 1.807) is 4.90 Å². The molecule has 1 fully saturated rings. The van der Waals surface area contributed by atoms with E-state index in [0.717, 1.165) is 10.2 Å². The van der Waals surface area contributed by atoms with Crippen LogP contribution in [-0.4, -0.2) is 59.6 Å². The second-order valence-corrected chi connectivity index (χ2v) is 8.22. The van der Waals surface area contributed by atoms with Crippen molar-refractivity contribution < 1.29 is 14.3 Å². The molecule has 0 bridgehead atoms. The van der Waals surface area contributed by atoms with Gasteiger partial charge in [-0.3, -0.25) is 9.69 Å². The molecule has 0 radical (unpaired) electrons. The van der Waals surface area contributed by atoms with Crippen LogP contribution in [0.15, 0.2) is 28.7 Å². The third-order valence-electron chi connectivity index (χ3n) is 3.89. The zero-order valence-corrected chi connectivity index (χ0v) is 16.8. The van der Waals surface area contributed by atoms with Gasteiger partial charge < -0.3 is 15.0 Å². The van der Waals surface area contributed by atoms with Crippen LogP contribution in [0.25, 0.3) is 0 Å². The smallest absolute Gasteiger partial charge is 0.410 e. The van der Waals surface area contributed by atoms with Gasteiger partial charge in [-0.05, 0) is 52.0 Å². The summed E-state index contributed by atoms with van der Waals surface area (Å²) < 4.78 is 6.39. The first-order chi connectivity index (χ1) is 11.6. The van der Waals surface area contributed by atoms with Crippen molar-refractivity contribution in [2.24, 2.45) is 0 Å². The highest BCUT2D eigenvalue weighted by molar-refractivity contribution is 9.10. The van der Waals surface area contributed by atoms with Crippen LogP contribution in [0, 0.1) is 0 Å². The van der Waals surface area contributed by atoms with Crippen molar-refractivity contribution in [1.29, 1.82) is 0 Å². The van der Waals surface area contributed by atoms with Gasteiger partial charge in [0.15, 0.2) is 0 Å². The average molecular weight is 412 g/mol. The molecule has 1 aliphatic heterocycles. The number of hydrogen-bond acceptors (Lipinski definition) is 4. The summed E-state index contributed by atoms with van der Waals surface area (Å²) in [6.07, 6.45) is -0.293. The highest BCUT2D eigenvalue weighted by Gasteiger charge is 2.30.